The highest BCUT2D eigenvalue weighted by atomic mass is 32.2. The van der Waals surface area contributed by atoms with Gasteiger partial charge in [-0.15, -0.1) is 0 Å². The molecule has 0 spiro atoms. The number of hydrogen-bond donors (Lipinski definition) is 1. The first-order chi connectivity index (χ1) is 15.0. The van der Waals surface area contributed by atoms with Crippen LogP contribution in [0.15, 0.2) is 64.5 Å². The predicted molar refractivity (Wildman–Crippen MR) is 122 cm³/mol. The molecule has 1 aliphatic heterocycles. The quantitative estimate of drug-likeness (QED) is 0.656. The zero-order valence-corrected chi connectivity index (χ0v) is 18.7. The topological polar surface area (TPSA) is 97.8 Å². The molecule has 1 aromatic heterocycles. The SMILES string of the molecule is C[C@@H]1N=C(c2ccc(F)cc2)c2ccc(CN(C)S(N)(=O)=O)cc2-c2cn(C)c(=O)cc21. The molecule has 0 amide bonds. The van der Waals surface area contributed by atoms with Gasteiger partial charge in [0.2, 0.25) is 0 Å². The number of fused-ring (bicyclic) bond motifs is 3. The fourth-order valence-electron chi connectivity index (χ4n) is 3.85. The second kappa shape index (κ2) is 8.09. The molecule has 2 aromatic carbocycles. The van der Waals surface area contributed by atoms with E-state index in [0.29, 0.717) is 5.71 Å². The van der Waals surface area contributed by atoms with Crippen LogP contribution in [-0.4, -0.2) is 30.0 Å². The summed E-state index contributed by atoms with van der Waals surface area (Å²) in [6, 6.07) is 12.9. The van der Waals surface area contributed by atoms with Gasteiger partial charge in [0.25, 0.3) is 15.8 Å². The van der Waals surface area contributed by atoms with Crippen molar-refractivity contribution in [3.8, 4) is 11.1 Å². The lowest BCUT2D eigenvalue weighted by molar-refractivity contribution is 0.468. The Morgan fingerprint density at radius 3 is 2.44 bits per heavy atom. The van der Waals surface area contributed by atoms with Crippen molar-refractivity contribution < 1.29 is 12.8 Å². The second-order valence-corrected chi connectivity index (χ2v) is 9.59. The zero-order valence-electron chi connectivity index (χ0n) is 17.9. The van der Waals surface area contributed by atoms with E-state index in [1.54, 1.807) is 31.4 Å². The van der Waals surface area contributed by atoms with E-state index in [1.807, 2.05) is 25.1 Å². The third-order valence-electron chi connectivity index (χ3n) is 5.62. The predicted octanol–water partition coefficient (Wildman–Crippen LogP) is 2.74. The third-order valence-corrected chi connectivity index (χ3v) is 6.62. The summed E-state index contributed by atoms with van der Waals surface area (Å²) in [5, 5.41) is 5.24. The monoisotopic (exact) mass is 454 g/mol. The van der Waals surface area contributed by atoms with Gasteiger partial charge in [0, 0.05) is 49.6 Å². The molecule has 1 atom stereocenters. The first-order valence-corrected chi connectivity index (χ1v) is 11.5. The molecule has 0 saturated heterocycles. The number of halogens is 1. The number of aryl methyl sites for hydroxylation is 1. The van der Waals surface area contributed by atoms with Crippen LogP contribution >= 0.6 is 0 Å². The lowest BCUT2D eigenvalue weighted by Gasteiger charge is -2.17. The van der Waals surface area contributed by atoms with Crippen molar-refractivity contribution in [2.45, 2.75) is 19.5 Å². The average molecular weight is 455 g/mol. The van der Waals surface area contributed by atoms with Gasteiger partial charge in [-0.1, -0.05) is 12.1 Å². The number of pyridine rings is 1. The minimum Gasteiger partial charge on any atom is -0.318 e. The first-order valence-electron chi connectivity index (χ1n) is 9.96. The van der Waals surface area contributed by atoms with Crippen molar-refractivity contribution in [1.82, 2.24) is 8.87 Å². The summed E-state index contributed by atoms with van der Waals surface area (Å²) in [7, 11) is -0.753. The third kappa shape index (κ3) is 4.14. The number of benzene rings is 2. The van der Waals surface area contributed by atoms with Gasteiger partial charge in [0.05, 0.1) is 11.8 Å². The van der Waals surface area contributed by atoms with Crippen LogP contribution in [0.4, 0.5) is 4.39 Å². The fourth-order valence-corrected chi connectivity index (χ4v) is 4.18. The van der Waals surface area contributed by atoms with E-state index in [0.717, 1.165) is 37.7 Å². The van der Waals surface area contributed by atoms with Crippen molar-refractivity contribution in [2.75, 3.05) is 7.05 Å². The maximum atomic E-state index is 13.5. The normalized spacial score (nSPS) is 15.7. The molecule has 166 valence electrons. The highest BCUT2D eigenvalue weighted by molar-refractivity contribution is 7.86. The summed E-state index contributed by atoms with van der Waals surface area (Å²) < 4.78 is 39.5. The Balaban J connectivity index is 1.96. The molecular weight excluding hydrogens is 431 g/mol. The van der Waals surface area contributed by atoms with E-state index in [2.05, 4.69) is 0 Å². The van der Waals surface area contributed by atoms with Gasteiger partial charge < -0.3 is 4.57 Å². The van der Waals surface area contributed by atoms with Gasteiger partial charge >= 0.3 is 0 Å². The zero-order chi connectivity index (χ0) is 23.2. The van der Waals surface area contributed by atoms with Crippen molar-refractivity contribution in [1.29, 1.82) is 0 Å². The number of aromatic nitrogens is 1. The maximum Gasteiger partial charge on any atom is 0.276 e. The molecule has 7 nitrogen and oxygen atoms in total. The van der Waals surface area contributed by atoms with Crippen LogP contribution in [0.5, 0.6) is 0 Å². The molecule has 1 aliphatic rings. The number of nitrogens with two attached hydrogens (primary N) is 1. The van der Waals surface area contributed by atoms with Crippen LogP contribution in [0.2, 0.25) is 0 Å². The van der Waals surface area contributed by atoms with Gasteiger partial charge in [-0.25, -0.2) is 9.53 Å². The summed E-state index contributed by atoms with van der Waals surface area (Å²) in [4.78, 5) is 17.2. The smallest absolute Gasteiger partial charge is 0.276 e. The van der Waals surface area contributed by atoms with Gasteiger partial charge in [0.15, 0.2) is 0 Å². The minimum absolute atomic E-state index is 0.0891. The summed E-state index contributed by atoms with van der Waals surface area (Å²) in [6.07, 6.45) is 1.77. The number of rotatable bonds is 4. The number of aliphatic imine (C=N–C) groups is 1. The second-order valence-electron chi connectivity index (χ2n) is 7.93. The molecule has 2 heterocycles. The molecule has 2 N–H and O–H groups in total. The number of hydrogen-bond acceptors (Lipinski definition) is 4. The first kappa shape index (κ1) is 22.1. The van der Waals surface area contributed by atoms with Crippen molar-refractivity contribution in [3.05, 3.63) is 93.2 Å². The highest BCUT2D eigenvalue weighted by Gasteiger charge is 2.24. The Kier molecular flexibility index (Phi) is 5.58. The molecular formula is C23H23FN4O3S. The standard InChI is InChI=1S/C23H23FN4O3S/c1-14-19-11-22(29)27(2)13-21(19)20-10-15(12-28(3)32(25,30)31)4-9-18(20)23(26-14)16-5-7-17(24)8-6-16/h4-11,13-14H,12H2,1-3H3,(H2,25,30,31)/t14-/m0/s1. The van der Waals surface area contributed by atoms with Gasteiger partial charge in [-0.05, 0) is 53.9 Å². The van der Waals surface area contributed by atoms with E-state index in [-0.39, 0.29) is 24.0 Å². The Labute approximate surface area is 185 Å². The van der Waals surface area contributed by atoms with Gasteiger partial charge in [-0.3, -0.25) is 9.79 Å². The lowest BCUT2D eigenvalue weighted by Crippen LogP contribution is -2.32. The van der Waals surface area contributed by atoms with Gasteiger partial charge in [-0.2, -0.15) is 12.7 Å². The largest absolute Gasteiger partial charge is 0.318 e. The molecule has 4 rings (SSSR count). The Hall–Kier alpha value is -3.14. The summed E-state index contributed by atoms with van der Waals surface area (Å²) in [5.41, 5.74) is 5.21. The van der Waals surface area contributed by atoms with Crippen LogP contribution < -0.4 is 10.7 Å². The molecule has 0 bridgehead atoms. The summed E-state index contributed by atoms with van der Waals surface area (Å²) >= 11 is 0. The van der Waals surface area contributed by atoms with Crippen LogP contribution in [0.1, 0.15) is 35.2 Å². The Morgan fingerprint density at radius 2 is 1.78 bits per heavy atom. The van der Waals surface area contributed by atoms with E-state index in [9.17, 15) is 17.6 Å². The Morgan fingerprint density at radius 1 is 1.09 bits per heavy atom. The lowest BCUT2D eigenvalue weighted by atomic mass is 9.91. The van der Waals surface area contributed by atoms with Crippen molar-refractivity contribution >= 4 is 15.9 Å². The average Bonchev–Trinajstić information content (AvgIpc) is 2.84. The molecule has 9 heteroatoms. The van der Waals surface area contributed by atoms with Crippen LogP contribution in [0.3, 0.4) is 0 Å². The molecule has 0 radical (unpaired) electrons. The summed E-state index contributed by atoms with van der Waals surface area (Å²) in [5.74, 6) is -0.344. The molecule has 0 saturated carbocycles. The Bertz CT molecular complexity index is 1400. The van der Waals surface area contributed by atoms with E-state index in [1.165, 1.54) is 23.7 Å². The van der Waals surface area contributed by atoms with Crippen LogP contribution in [0.25, 0.3) is 11.1 Å². The fraction of sp³-hybridized carbons (Fsp3) is 0.217. The van der Waals surface area contributed by atoms with E-state index in [4.69, 9.17) is 10.1 Å². The molecule has 3 aromatic rings. The van der Waals surface area contributed by atoms with E-state index >= 15 is 0 Å². The van der Waals surface area contributed by atoms with E-state index < -0.39 is 10.2 Å². The molecule has 32 heavy (non-hydrogen) atoms. The van der Waals surface area contributed by atoms with Crippen LogP contribution in [-0.2, 0) is 23.8 Å². The molecule has 0 unspecified atom stereocenters. The van der Waals surface area contributed by atoms with Gasteiger partial charge in [0.1, 0.15) is 5.82 Å². The van der Waals surface area contributed by atoms with Crippen LogP contribution in [0, 0.1) is 5.82 Å². The molecule has 0 aliphatic carbocycles. The highest BCUT2D eigenvalue weighted by Crippen LogP contribution is 2.37. The minimum atomic E-state index is -3.84. The van der Waals surface area contributed by atoms with Crippen molar-refractivity contribution in [3.63, 3.8) is 0 Å². The summed E-state index contributed by atoms with van der Waals surface area (Å²) in [6.45, 7) is 2.00. The molecule has 0 fully saturated rings. The maximum absolute atomic E-state index is 13.5. The van der Waals surface area contributed by atoms with Crippen molar-refractivity contribution in [2.24, 2.45) is 17.2 Å². The number of nitrogens with zero attached hydrogens (tertiary/aromatic N) is 3.